The maximum Gasteiger partial charge on any atom is 0.104 e. The maximum atomic E-state index is 6.33. The zero-order valence-corrected chi connectivity index (χ0v) is 14.1. The predicted octanol–water partition coefficient (Wildman–Crippen LogP) is 2.75. The summed E-state index contributed by atoms with van der Waals surface area (Å²) in [5.41, 5.74) is 7.57. The Bertz CT molecular complexity index is 449. The van der Waals surface area contributed by atoms with Crippen molar-refractivity contribution in [2.75, 3.05) is 33.7 Å². The van der Waals surface area contributed by atoms with Gasteiger partial charge in [0.15, 0.2) is 0 Å². The smallest absolute Gasteiger partial charge is 0.104 e. The quantitative estimate of drug-likeness (QED) is 0.748. The summed E-state index contributed by atoms with van der Waals surface area (Å²) in [7, 11) is 4.18. The predicted molar refractivity (Wildman–Crippen MR) is 91.5 cm³/mol. The molecule has 2 N–H and O–H groups in total. The number of nitrogens with zero attached hydrogens (tertiary/aromatic N) is 2. The van der Waals surface area contributed by atoms with Crippen LogP contribution in [0.2, 0.25) is 5.02 Å². The van der Waals surface area contributed by atoms with Crippen LogP contribution in [0, 0.1) is 0 Å². The van der Waals surface area contributed by atoms with E-state index in [1.165, 1.54) is 0 Å². The molecule has 0 fully saturated rings. The van der Waals surface area contributed by atoms with Crippen molar-refractivity contribution in [1.29, 1.82) is 0 Å². The van der Waals surface area contributed by atoms with Crippen molar-refractivity contribution < 1.29 is 0 Å². The summed E-state index contributed by atoms with van der Waals surface area (Å²) in [6.07, 6.45) is 1.13. The van der Waals surface area contributed by atoms with Crippen molar-refractivity contribution in [2.24, 2.45) is 5.73 Å². The molecule has 1 rings (SSSR count). The van der Waals surface area contributed by atoms with Crippen LogP contribution in [0.4, 0.5) is 0 Å². The summed E-state index contributed by atoms with van der Waals surface area (Å²) in [5.74, 6) is 0. The maximum absolute atomic E-state index is 6.33. The molecule has 0 saturated carbocycles. The second-order valence-electron chi connectivity index (χ2n) is 5.25. The van der Waals surface area contributed by atoms with Gasteiger partial charge in [-0.2, -0.15) is 0 Å². The fourth-order valence-corrected chi connectivity index (χ4v) is 2.36. The summed E-state index contributed by atoms with van der Waals surface area (Å²) in [6.45, 7) is 6.20. The molecular formula is C15H24ClN3S. The summed E-state index contributed by atoms with van der Waals surface area (Å²) in [6, 6.07) is 5.82. The molecule has 0 aliphatic carbocycles. The van der Waals surface area contributed by atoms with Crippen LogP contribution < -0.4 is 5.73 Å². The minimum Gasteiger partial charge on any atom is -0.389 e. The Hall–Kier alpha value is -0.680. The van der Waals surface area contributed by atoms with Gasteiger partial charge >= 0.3 is 0 Å². The van der Waals surface area contributed by atoms with Gasteiger partial charge in [-0.05, 0) is 38.7 Å². The van der Waals surface area contributed by atoms with Crippen LogP contribution in [0.15, 0.2) is 18.2 Å². The molecule has 20 heavy (non-hydrogen) atoms. The Labute approximate surface area is 132 Å². The molecule has 0 heterocycles. The Kier molecular flexibility index (Phi) is 7.45. The standard InChI is InChI=1S/C15H24ClN3S/c1-4-7-19(9-8-18(2)3)11-13-6-5-12(15(17)20)10-14(13)16/h5-6,10H,4,7-9,11H2,1-3H3,(H2,17,20). The molecule has 112 valence electrons. The van der Waals surface area contributed by atoms with Crippen LogP contribution in [-0.4, -0.2) is 48.5 Å². The van der Waals surface area contributed by atoms with Gasteiger partial charge in [-0.1, -0.05) is 42.9 Å². The Morgan fingerprint density at radius 2 is 1.95 bits per heavy atom. The molecule has 1 aromatic rings. The van der Waals surface area contributed by atoms with Gasteiger partial charge in [0.25, 0.3) is 0 Å². The number of thiocarbonyl (C=S) groups is 1. The third kappa shape index (κ3) is 5.75. The summed E-state index contributed by atoms with van der Waals surface area (Å²) in [5, 5.41) is 0.737. The Morgan fingerprint density at radius 3 is 2.45 bits per heavy atom. The highest BCUT2D eigenvalue weighted by molar-refractivity contribution is 7.80. The molecule has 5 heteroatoms. The molecule has 0 spiro atoms. The first-order chi connectivity index (χ1) is 9.43. The first-order valence-electron chi connectivity index (χ1n) is 6.89. The number of nitrogens with two attached hydrogens (primary N) is 1. The fourth-order valence-electron chi connectivity index (χ4n) is 2.00. The molecule has 0 saturated heterocycles. The van der Waals surface area contributed by atoms with Crippen molar-refractivity contribution in [3.8, 4) is 0 Å². The normalized spacial score (nSPS) is 11.3. The molecule has 0 amide bonds. The Balaban J connectivity index is 2.74. The molecule has 1 aromatic carbocycles. The third-order valence-electron chi connectivity index (χ3n) is 3.13. The monoisotopic (exact) mass is 313 g/mol. The van der Waals surface area contributed by atoms with Crippen LogP contribution in [0.25, 0.3) is 0 Å². The number of rotatable bonds is 8. The zero-order valence-electron chi connectivity index (χ0n) is 12.5. The van der Waals surface area contributed by atoms with Crippen molar-refractivity contribution in [3.05, 3.63) is 34.3 Å². The molecule has 0 atom stereocenters. The van der Waals surface area contributed by atoms with Crippen LogP contribution in [0.3, 0.4) is 0 Å². The van der Waals surface area contributed by atoms with Gasteiger partial charge < -0.3 is 10.6 Å². The second-order valence-corrected chi connectivity index (χ2v) is 6.10. The topological polar surface area (TPSA) is 32.5 Å². The Morgan fingerprint density at radius 1 is 1.25 bits per heavy atom. The lowest BCUT2D eigenvalue weighted by molar-refractivity contribution is 0.234. The molecule has 0 bridgehead atoms. The highest BCUT2D eigenvalue weighted by Gasteiger charge is 2.09. The van der Waals surface area contributed by atoms with E-state index in [0.29, 0.717) is 4.99 Å². The van der Waals surface area contributed by atoms with E-state index in [4.69, 9.17) is 29.6 Å². The lowest BCUT2D eigenvalue weighted by atomic mass is 10.1. The van der Waals surface area contributed by atoms with Crippen LogP contribution in [-0.2, 0) is 6.54 Å². The highest BCUT2D eigenvalue weighted by atomic mass is 35.5. The second kappa shape index (κ2) is 8.57. The largest absolute Gasteiger partial charge is 0.389 e. The lowest BCUT2D eigenvalue weighted by Gasteiger charge is -2.24. The van der Waals surface area contributed by atoms with Crippen molar-refractivity contribution in [1.82, 2.24) is 9.80 Å². The van der Waals surface area contributed by atoms with E-state index in [1.807, 2.05) is 18.2 Å². The fraction of sp³-hybridized carbons (Fsp3) is 0.533. The zero-order chi connectivity index (χ0) is 15.1. The molecule has 0 unspecified atom stereocenters. The van der Waals surface area contributed by atoms with Gasteiger partial charge in [-0.3, -0.25) is 4.90 Å². The van der Waals surface area contributed by atoms with Crippen LogP contribution in [0.5, 0.6) is 0 Å². The van der Waals surface area contributed by atoms with Crippen molar-refractivity contribution in [2.45, 2.75) is 19.9 Å². The first kappa shape index (κ1) is 17.4. The minimum absolute atomic E-state index is 0.386. The minimum atomic E-state index is 0.386. The molecular weight excluding hydrogens is 290 g/mol. The number of benzene rings is 1. The number of halogens is 1. The van der Waals surface area contributed by atoms with Gasteiger partial charge in [0.05, 0.1) is 0 Å². The van der Waals surface area contributed by atoms with E-state index >= 15 is 0 Å². The average molecular weight is 314 g/mol. The summed E-state index contributed by atoms with van der Waals surface area (Å²) >= 11 is 11.3. The third-order valence-corrected chi connectivity index (χ3v) is 3.72. The van der Waals surface area contributed by atoms with E-state index in [2.05, 4.69) is 30.8 Å². The number of likely N-dealkylation sites (N-methyl/N-ethyl adjacent to an activating group) is 1. The van der Waals surface area contributed by atoms with Gasteiger partial charge in [-0.25, -0.2) is 0 Å². The van der Waals surface area contributed by atoms with E-state index in [0.717, 1.165) is 48.7 Å². The van der Waals surface area contributed by atoms with Crippen molar-refractivity contribution >= 4 is 28.8 Å². The first-order valence-corrected chi connectivity index (χ1v) is 7.68. The van der Waals surface area contributed by atoms with E-state index < -0.39 is 0 Å². The molecule has 0 aromatic heterocycles. The summed E-state index contributed by atoms with van der Waals surface area (Å²) in [4.78, 5) is 5.00. The van der Waals surface area contributed by atoms with E-state index in [9.17, 15) is 0 Å². The number of hydrogen-bond acceptors (Lipinski definition) is 3. The SMILES string of the molecule is CCCN(CCN(C)C)Cc1ccc(C(N)=S)cc1Cl. The van der Waals surface area contributed by atoms with Gasteiger partial charge in [-0.15, -0.1) is 0 Å². The van der Waals surface area contributed by atoms with Gasteiger partial charge in [0.2, 0.25) is 0 Å². The van der Waals surface area contributed by atoms with E-state index in [1.54, 1.807) is 0 Å². The van der Waals surface area contributed by atoms with Crippen LogP contribution >= 0.6 is 23.8 Å². The average Bonchev–Trinajstić information content (AvgIpc) is 2.38. The molecule has 3 nitrogen and oxygen atoms in total. The highest BCUT2D eigenvalue weighted by Crippen LogP contribution is 2.20. The number of hydrogen-bond donors (Lipinski definition) is 1. The van der Waals surface area contributed by atoms with Crippen LogP contribution in [0.1, 0.15) is 24.5 Å². The molecule has 0 aliphatic rings. The van der Waals surface area contributed by atoms with Crippen molar-refractivity contribution in [3.63, 3.8) is 0 Å². The van der Waals surface area contributed by atoms with E-state index in [-0.39, 0.29) is 0 Å². The summed E-state index contributed by atoms with van der Waals surface area (Å²) < 4.78 is 0. The lowest BCUT2D eigenvalue weighted by Crippen LogP contribution is -2.32. The molecule has 0 radical (unpaired) electrons. The molecule has 0 aliphatic heterocycles. The van der Waals surface area contributed by atoms with Gasteiger partial charge in [0, 0.05) is 30.2 Å². The van der Waals surface area contributed by atoms with Gasteiger partial charge in [0.1, 0.15) is 4.99 Å².